The molecule has 0 saturated heterocycles. The zero-order valence-corrected chi connectivity index (χ0v) is 13.2. The van der Waals surface area contributed by atoms with Crippen LogP contribution in [0.4, 0.5) is 0 Å². The topological polar surface area (TPSA) is 45.2 Å². The summed E-state index contributed by atoms with van der Waals surface area (Å²) in [5.41, 5.74) is 2.56. The molecule has 0 unspecified atom stereocenters. The lowest BCUT2D eigenvalue weighted by Gasteiger charge is -2.11. The van der Waals surface area contributed by atoms with Gasteiger partial charge in [-0.05, 0) is 35.7 Å². The summed E-state index contributed by atoms with van der Waals surface area (Å²) >= 11 is 6.39. The average Bonchev–Trinajstić information content (AvgIpc) is 2.99. The molecule has 0 bridgehead atoms. The molecule has 0 amide bonds. The molecule has 3 nitrogen and oxygen atoms in total. The van der Waals surface area contributed by atoms with Crippen LogP contribution in [0.5, 0.6) is 11.5 Å². The molecular formula is C19H14ClNO2. The quantitative estimate of drug-likeness (QED) is 0.522. The number of aromatic amines is 1. The van der Waals surface area contributed by atoms with Gasteiger partial charge in [-0.3, -0.25) is 0 Å². The van der Waals surface area contributed by atoms with E-state index in [9.17, 15) is 5.11 Å². The van der Waals surface area contributed by atoms with E-state index in [1.165, 1.54) is 0 Å². The van der Waals surface area contributed by atoms with Crippen molar-refractivity contribution in [2.45, 2.75) is 0 Å². The van der Waals surface area contributed by atoms with E-state index in [1.807, 2.05) is 48.7 Å². The lowest BCUT2D eigenvalue weighted by Crippen LogP contribution is -1.87. The lowest BCUT2D eigenvalue weighted by atomic mass is 9.96. The Morgan fingerprint density at radius 2 is 1.83 bits per heavy atom. The van der Waals surface area contributed by atoms with E-state index in [4.69, 9.17) is 16.3 Å². The van der Waals surface area contributed by atoms with E-state index in [0.29, 0.717) is 5.02 Å². The number of aromatic nitrogens is 1. The second-order valence-corrected chi connectivity index (χ2v) is 5.79. The molecule has 4 aromatic rings. The summed E-state index contributed by atoms with van der Waals surface area (Å²) in [6, 6.07) is 15.1. The van der Waals surface area contributed by atoms with Crippen LogP contribution in [-0.2, 0) is 0 Å². The Bertz CT molecular complexity index is 1040. The van der Waals surface area contributed by atoms with Gasteiger partial charge in [0.1, 0.15) is 11.5 Å². The standard InChI is InChI=1S/C19H14ClNO2/c1-23-17-7-2-4-12-11(17)8-9-16(22)18(12)13-10-21-15-6-3-5-14(20)19(13)15/h2-10,21-22H,1H3. The van der Waals surface area contributed by atoms with Crippen molar-refractivity contribution in [1.29, 1.82) is 0 Å². The van der Waals surface area contributed by atoms with Crippen molar-refractivity contribution < 1.29 is 9.84 Å². The normalized spacial score (nSPS) is 11.2. The summed E-state index contributed by atoms with van der Waals surface area (Å²) in [7, 11) is 1.64. The van der Waals surface area contributed by atoms with Crippen molar-refractivity contribution in [3.8, 4) is 22.6 Å². The summed E-state index contributed by atoms with van der Waals surface area (Å²) in [4.78, 5) is 3.22. The first-order valence-electron chi connectivity index (χ1n) is 7.25. The molecule has 1 heterocycles. The van der Waals surface area contributed by atoms with Gasteiger partial charge in [-0.2, -0.15) is 0 Å². The van der Waals surface area contributed by atoms with E-state index in [1.54, 1.807) is 13.2 Å². The Hall–Kier alpha value is -2.65. The van der Waals surface area contributed by atoms with Gasteiger partial charge < -0.3 is 14.8 Å². The van der Waals surface area contributed by atoms with Crippen LogP contribution < -0.4 is 4.74 Å². The number of phenols is 1. The number of benzene rings is 3. The molecule has 0 atom stereocenters. The number of rotatable bonds is 2. The Morgan fingerprint density at radius 3 is 2.65 bits per heavy atom. The number of aromatic hydroxyl groups is 1. The maximum absolute atomic E-state index is 10.5. The van der Waals surface area contributed by atoms with Crippen LogP contribution >= 0.6 is 11.6 Å². The lowest BCUT2D eigenvalue weighted by molar-refractivity contribution is 0.419. The van der Waals surface area contributed by atoms with E-state index in [0.717, 1.165) is 38.6 Å². The summed E-state index contributed by atoms with van der Waals surface area (Å²) in [6.07, 6.45) is 1.88. The highest BCUT2D eigenvalue weighted by Crippen LogP contribution is 2.43. The highest BCUT2D eigenvalue weighted by atomic mass is 35.5. The highest BCUT2D eigenvalue weighted by Gasteiger charge is 2.16. The van der Waals surface area contributed by atoms with Crippen LogP contribution in [0.2, 0.25) is 5.02 Å². The van der Waals surface area contributed by atoms with Gasteiger partial charge in [-0.25, -0.2) is 0 Å². The third-order valence-corrected chi connectivity index (χ3v) is 4.46. The summed E-state index contributed by atoms with van der Waals surface area (Å²) in [6.45, 7) is 0. The maximum Gasteiger partial charge on any atom is 0.126 e. The average molecular weight is 324 g/mol. The Morgan fingerprint density at radius 1 is 1.00 bits per heavy atom. The smallest absolute Gasteiger partial charge is 0.126 e. The second-order valence-electron chi connectivity index (χ2n) is 5.38. The van der Waals surface area contributed by atoms with Gasteiger partial charge in [0.15, 0.2) is 0 Å². The summed E-state index contributed by atoms with van der Waals surface area (Å²) in [5.74, 6) is 0.987. The molecule has 0 aliphatic carbocycles. The monoisotopic (exact) mass is 323 g/mol. The SMILES string of the molecule is COc1cccc2c(-c3c[nH]c4cccc(Cl)c34)c(O)ccc12. The van der Waals surface area contributed by atoms with E-state index >= 15 is 0 Å². The molecular weight excluding hydrogens is 310 g/mol. The molecule has 0 radical (unpaired) electrons. The van der Waals surface area contributed by atoms with Crippen molar-refractivity contribution in [2.75, 3.05) is 7.11 Å². The van der Waals surface area contributed by atoms with E-state index < -0.39 is 0 Å². The minimum Gasteiger partial charge on any atom is -0.507 e. The first kappa shape index (κ1) is 14.0. The van der Waals surface area contributed by atoms with Crippen molar-refractivity contribution in [2.24, 2.45) is 0 Å². The minimum atomic E-state index is 0.214. The number of hydrogen-bond acceptors (Lipinski definition) is 2. The number of ether oxygens (including phenoxy) is 1. The van der Waals surface area contributed by atoms with Crippen molar-refractivity contribution in [3.63, 3.8) is 0 Å². The van der Waals surface area contributed by atoms with Crippen LogP contribution in [-0.4, -0.2) is 17.2 Å². The van der Waals surface area contributed by atoms with Crippen LogP contribution in [0.25, 0.3) is 32.8 Å². The summed E-state index contributed by atoms with van der Waals surface area (Å²) < 4.78 is 5.44. The van der Waals surface area contributed by atoms with Crippen LogP contribution in [0.1, 0.15) is 0 Å². The van der Waals surface area contributed by atoms with E-state index in [2.05, 4.69) is 4.98 Å². The van der Waals surface area contributed by atoms with Gasteiger partial charge in [-0.15, -0.1) is 0 Å². The number of phenolic OH excluding ortho intramolecular Hbond substituents is 1. The van der Waals surface area contributed by atoms with Crippen molar-refractivity contribution >= 4 is 33.3 Å². The number of fused-ring (bicyclic) bond motifs is 2. The number of H-pyrrole nitrogens is 1. The molecule has 23 heavy (non-hydrogen) atoms. The fraction of sp³-hybridized carbons (Fsp3) is 0.0526. The van der Waals surface area contributed by atoms with Crippen molar-refractivity contribution in [3.05, 3.63) is 59.8 Å². The van der Waals surface area contributed by atoms with Gasteiger partial charge in [-0.1, -0.05) is 29.8 Å². The molecule has 0 saturated carbocycles. The van der Waals surface area contributed by atoms with Gasteiger partial charge in [0.2, 0.25) is 0 Å². The Kier molecular flexibility index (Phi) is 3.17. The maximum atomic E-state index is 10.5. The molecule has 114 valence electrons. The highest BCUT2D eigenvalue weighted by molar-refractivity contribution is 6.37. The minimum absolute atomic E-state index is 0.214. The van der Waals surface area contributed by atoms with Crippen molar-refractivity contribution in [1.82, 2.24) is 4.98 Å². The van der Waals surface area contributed by atoms with Crippen LogP contribution in [0, 0.1) is 0 Å². The van der Waals surface area contributed by atoms with Crippen LogP contribution in [0.15, 0.2) is 54.7 Å². The van der Waals surface area contributed by atoms with E-state index in [-0.39, 0.29) is 5.75 Å². The van der Waals surface area contributed by atoms with Gasteiger partial charge in [0.05, 0.1) is 12.1 Å². The van der Waals surface area contributed by atoms with Crippen LogP contribution in [0.3, 0.4) is 0 Å². The summed E-state index contributed by atoms with van der Waals surface area (Å²) in [5, 5.41) is 13.9. The molecule has 0 spiro atoms. The predicted octanol–water partition coefficient (Wildman–Crippen LogP) is 5.36. The molecule has 4 rings (SSSR count). The third-order valence-electron chi connectivity index (χ3n) is 4.14. The fourth-order valence-electron chi connectivity index (χ4n) is 3.12. The fourth-order valence-corrected chi connectivity index (χ4v) is 3.39. The largest absolute Gasteiger partial charge is 0.507 e. The number of halogens is 1. The third kappa shape index (κ3) is 2.05. The molecule has 2 N–H and O–H groups in total. The molecule has 3 aromatic carbocycles. The van der Waals surface area contributed by atoms with Gasteiger partial charge in [0.25, 0.3) is 0 Å². The molecule has 0 aliphatic rings. The van der Waals surface area contributed by atoms with Gasteiger partial charge in [0, 0.05) is 33.6 Å². The number of nitrogens with one attached hydrogen (secondary N) is 1. The number of methoxy groups -OCH3 is 1. The zero-order chi connectivity index (χ0) is 16.0. The first-order valence-corrected chi connectivity index (χ1v) is 7.63. The molecule has 0 aliphatic heterocycles. The molecule has 4 heteroatoms. The first-order chi connectivity index (χ1) is 11.2. The zero-order valence-electron chi connectivity index (χ0n) is 12.4. The molecule has 1 aromatic heterocycles. The second kappa shape index (κ2) is 5.21. The van der Waals surface area contributed by atoms with Gasteiger partial charge >= 0.3 is 0 Å². The number of hydrogen-bond donors (Lipinski definition) is 2. The Balaban J connectivity index is 2.14. The Labute approximate surface area is 138 Å². The molecule has 0 fully saturated rings. The predicted molar refractivity (Wildman–Crippen MR) is 94.5 cm³/mol.